The number of carbonyl (C=O) groups excluding carboxylic acids is 1. The normalized spacial score (nSPS) is 11.0. The van der Waals surface area contributed by atoms with Crippen LogP contribution in [0.15, 0.2) is 67.0 Å². The number of benzene rings is 2. The number of rotatable bonds is 5. The van der Waals surface area contributed by atoms with Crippen LogP contribution < -0.4 is 0 Å². The van der Waals surface area contributed by atoms with Gasteiger partial charge in [0.1, 0.15) is 0 Å². The van der Waals surface area contributed by atoms with Crippen molar-refractivity contribution in [1.29, 1.82) is 0 Å². The van der Waals surface area contributed by atoms with E-state index < -0.39 is 0 Å². The molecule has 3 aromatic rings. The van der Waals surface area contributed by atoms with E-state index in [1.807, 2.05) is 43.6 Å². The first-order valence-corrected chi connectivity index (χ1v) is 8.62. The van der Waals surface area contributed by atoms with Gasteiger partial charge in [-0.25, -0.2) is 4.68 Å². The van der Waals surface area contributed by atoms with Crippen LogP contribution in [0.3, 0.4) is 0 Å². The van der Waals surface area contributed by atoms with Gasteiger partial charge < -0.3 is 4.90 Å². The van der Waals surface area contributed by atoms with Gasteiger partial charge in [-0.15, -0.1) is 0 Å². The average Bonchev–Trinajstić information content (AvgIpc) is 3.11. The molecule has 0 aliphatic carbocycles. The van der Waals surface area contributed by atoms with E-state index in [2.05, 4.69) is 37.1 Å². The molecule has 2 aromatic carbocycles. The Kier molecular flexibility index (Phi) is 5.32. The zero-order valence-corrected chi connectivity index (χ0v) is 15.4. The van der Waals surface area contributed by atoms with Gasteiger partial charge in [-0.2, -0.15) is 5.10 Å². The molecule has 26 heavy (non-hydrogen) atoms. The minimum Gasteiger partial charge on any atom is -0.338 e. The molecule has 0 unspecified atom stereocenters. The summed E-state index contributed by atoms with van der Waals surface area (Å²) in [6.45, 7) is 4.75. The number of aromatic nitrogens is 2. The maximum absolute atomic E-state index is 12.4. The fourth-order valence-corrected chi connectivity index (χ4v) is 2.80. The Morgan fingerprint density at radius 1 is 1.15 bits per heavy atom. The Morgan fingerprint density at radius 3 is 2.65 bits per heavy atom. The van der Waals surface area contributed by atoms with E-state index in [0.29, 0.717) is 6.54 Å². The van der Waals surface area contributed by atoms with Gasteiger partial charge in [-0.05, 0) is 43.2 Å². The Morgan fingerprint density at radius 2 is 1.92 bits per heavy atom. The van der Waals surface area contributed by atoms with Gasteiger partial charge in [0.15, 0.2) is 0 Å². The molecule has 0 saturated heterocycles. The second kappa shape index (κ2) is 7.83. The molecule has 4 nitrogen and oxygen atoms in total. The molecule has 1 amide bonds. The Bertz CT molecular complexity index is 926. The molecule has 0 fully saturated rings. The second-order valence-corrected chi connectivity index (χ2v) is 6.51. The van der Waals surface area contributed by atoms with Crippen molar-refractivity contribution < 1.29 is 4.79 Å². The van der Waals surface area contributed by atoms with Crippen molar-refractivity contribution in [2.75, 3.05) is 7.05 Å². The SMILES string of the molecule is Cc1ccc(CN(C)C(=O)/C=C/c2cnn(-c3ccccc3)c2)c(C)c1. The van der Waals surface area contributed by atoms with Gasteiger partial charge in [0.2, 0.25) is 5.91 Å². The van der Waals surface area contributed by atoms with Crippen molar-refractivity contribution in [2.45, 2.75) is 20.4 Å². The van der Waals surface area contributed by atoms with Gasteiger partial charge in [0.05, 0.1) is 11.9 Å². The maximum atomic E-state index is 12.4. The zero-order chi connectivity index (χ0) is 18.5. The van der Waals surface area contributed by atoms with E-state index >= 15 is 0 Å². The summed E-state index contributed by atoms with van der Waals surface area (Å²) in [4.78, 5) is 14.1. The van der Waals surface area contributed by atoms with E-state index in [4.69, 9.17) is 0 Å². The molecule has 0 atom stereocenters. The first-order chi connectivity index (χ1) is 12.5. The highest BCUT2D eigenvalue weighted by molar-refractivity contribution is 5.91. The number of amides is 1. The summed E-state index contributed by atoms with van der Waals surface area (Å²) in [7, 11) is 1.82. The molecule has 132 valence electrons. The predicted molar refractivity (Wildman–Crippen MR) is 105 cm³/mol. The van der Waals surface area contributed by atoms with E-state index in [-0.39, 0.29) is 5.91 Å². The highest BCUT2D eigenvalue weighted by Gasteiger charge is 2.08. The molecule has 4 heteroatoms. The van der Waals surface area contributed by atoms with Gasteiger partial charge in [-0.1, -0.05) is 42.0 Å². The van der Waals surface area contributed by atoms with Crippen LogP contribution in [0.2, 0.25) is 0 Å². The summed E-state index contributed by atoms with van der Waals surface area (Å²) >= 11 is 0. The van der Waals surface area contributed by atoms with Crippen LogP contribution in [0, 0.1) is 13.8 Å². The van der Waals surface area contributed by atoms with Crippen molar-refractivity contribution >= 4 is 12.0 Å². The number of carbonyl (C=O) groups is 1. The number of hydrogen-bond donors (Lipinski definition) is 0. The van der Waals surface area contributed by atoms with E-state index in [1.54, 1.807) is 27.9 Å². The van der Waals surface area contributed by atoms with Crippen LogP contribution in [-0.4, -0.2) is 27.6 Å². The number of nitrogens with zero attached hydrogens (tertiary/aromatic N) is 3. The summed E-state index contributed by atoms with van der Waals surface area (Å²) in [5.74, 6) is -0.0302. The van der Waals surface area contributed by atoms with Crippen LogP contribution in [0.25, 0.3) is 11.8 Å². The van der Waals surface area contributed by atoms with Crippen LogP contribution in [0.4, 0.5) is 0 Å². The molecule has 1 heterocycles. The summed E-state index contributed by atoms with van der Waals surface area (Å²) < 4.78 is 1.80. The fraction of sp³-hybridized carbons (Fsp3) is 0.182. The van der Waals surface area contributed by atoms with Crippen molar-refractivity contribution in [3.63, 3.8) is 0 Å². The van der Waals surface area contributed by atoms with Crippen molar-refractivity contribution in [3.8, 4) is 5.69 Å². The minimum atomic E-state index is -0.0302. The topological polar surface area (TPSA) is 38.1 Å². The Balaban J connectivity index is 1.64. The maximum Gasteiger partial charge on any atom is 0.246 e. The monoisotopic (exact) mass is 345 g/mol. The third-order valence-corrected chi connectivity index (χ3v) is 4.32. The van der Waals surface area contributed by atoms with Gasteiger partial charge in [0, 0.05) is 31.4 Å². The highest BCUT2D eigenvalue weighted by Crippen LogP contribution is 2.13. The number of aryl methyl sites for hydroxylation is 2. The lowest BCUT2D eigenvalue weighted by molar-refractivity contribution is -0.125. The number of likely N-dealkylation sites (N-methyl/N-ethyl adjacent to an activating group) is 1. The van der Waals surface area contributed by atoms with E-state index in [0.717, 1.165) is 16.8 Å². The smallest absolute Gasteiger partial charge is 0.246 e. The average molecular weight is 345 g/mol. The molecular weight excluding hydrogens is 322 g/mol. The zero-order valence-electron chi connectivity index (χ0n) is 15.4. The highest BCUT2D eigenvalue weighted by atomic mass is 16.2. The summed E-state index contributed by atoms with van der Waals surface area (Å²) in [5, 5.41) is 4.34. The van der Waals surface area contributed by atoms with Crippen molar-refractivity contribution in [1.82, 2.24) is 14.7 Å². The second-order valence-electron chi connectivity index (χ2n) is 6.51. The van der Waals surface area contributed by atoms with Crippen LogP contribution in [0.5, 0.6) is 0 Å². The first-order valence-electron chi connectivity index (χ1n) is 8.62. The van der Waals surface area contributed by atoms with Crippen LogP contribution in [-0.2, 0) is 11.3 Å². The molecule has 0 spiro atoms. The number of hydrogen-bond acceptors (Lipinski definition) is 2. The molecular formula is C22H23N3O. The van der Waals surface area contributed by atoms with Crippen LogP contribution >= 0.6 is 0 Å². The lowest BCUT2D eigenvalue weighted by Crippen LogP contribution is -2.24. The largest absolute Gasteiger partial charge is 0.338 e. The third kappa shape index (κ3) is 4.28. The Labute approximate surface area is 154 Å². The lowest BCUT2D eigenvalue weighted by Gasteiger charge is -2.17. The summed E-state index contributed by atoms with van der Waals surface area (Å²) in [5.41, 5.74) is 5.48. The number of para-hydroxylation sites is 1. The van der Waals surface area contributed by atoms with E-state index in [1.165, 1.54) is 11.1 Å². The van der Waals surface area contributed by atoms with Crippen molar-refractivity contribution in [2.24, 2.45) is 0 Å². The van der Waals surface area contributed by atoms with Gasteiger partial charge in [0.25, 0.3) is 0 Å². The standard InChI is InChI=1S/C22H23N3O/c1-17-9-11-20(18(2)13-17)16-24(3)22(26)12-10-19-14-23-25(15-19)21-7-5-4-6-8-21/h4-15H,16H2,1-3H3/b12-10+. The quantitative estimate of drug-likeness (QED) is 0.651. The van der Waals surface area contributed by atoms with Crippen LogP contribution in [0.1, 0.15) is 22.3 Å². The van der Waals surface area contributed by atoms with Gasteiger partial charge in [-0.3, -0.25) is 4.79 Å². The molecule has 0 aliphatic rings. The molecule has 0 N–H and O–H groups in total. The molecule has 1 aromatic heterocycles. The lowest BCUT2D eigenvalue weighted by atomic mass is 10.1. The third-order valence-electron chi connectivity index (χ3n) is 4.32. The molecule has 3 rings (SSSR count). The van der Waals surface area contributed by atoms with Gasteiger partial charge >= 0.3 is 0 Å². The van der Waals surface area contributed by atoms with Crippen molar-refractivity contribution in [3.05, 3.63) is 89.3 Å². The minimum absolute atomic E-state index is 0.0302. The summed E-state index contributed by atoms with van der Waals surface area (Å²) in [6, 6.07) is 16.2. The molecule has 0 bridgehead atoms. The molecule has 0 aliphatic heterocycles. The Hall–Kier alpha value is -3.14. The first kappa shape index (κ1) is 17.7. The van der Waals surface area contributed by atoms with E-state index in [9.17, 15) is 4.79 Å². The molecule has 0 radical (unpaired) electrons. The molecule has 0 saturated carbocycles. The summed E-state index contributed by atoms with van der Waals surface area (Å²) in [6.07, 6.45) is 7.05. The fourth-order valence-electron chi connectivity index (χ4n) is 2.80. The predicted octanol–water partition coefficient (Wildman–Crippen LogP) is 4.16.